The van der Waals surface area contributed by atoms with E-state index in [2.05, 4.69) is 21.2 Å². The van der Waals surface area contributed by atoms with Crippen LogP contribution in [0.15, 0.2) is 45.5 Å². The van der Waals surface area contributed by atoms with Gasteiger partial charge in [0.25, 0.3) is 0 Å². The van der Waals surface area contributed by atoms with Crippen LogP contribution < -0.4 is 11.1 Å². The zero-order chi connectivity index (χ0) is 24.3. The zero-order valence-corrected chi connectivity index (χ0v) is 19.9. The van der Waals surface area contributed by atoms with Crippen molar-refractivity contribution in [1.82, 2.24) is 0 Å². The molecule has 2 heterocycles. The van der Waals surface area contributed by atoms with Gasteiger partial charge in [0.05, 0.1) is 20.8 Å². The molecular formula is C22H23BrN2O8. The number of benzene rings is 1. The van der Waals surface area contributed by atoms with E-state index in [0.717, 1.165) is 20.6 Å². The third-order valence-corrected chi connectivity index (χ3v) is 5.83. The van der Waals surface area contributed by atoms with Crippen LogP contribution in [0.5, 0.6) is 0 Å². The quantitative estimate of drug-likeness (QED) is 0.312. The Bertz CT molecular complexity index is 1090. The van der Waals surface area contributed by atoms with Crippen molar-refractivity contribution in [1.29, 1.82) is 0 Å². The summed E-state index contributed by atoms with van der Waals surface area (Å²) in [4.78, 5) is 52.0. The van der Waals surface area contributed by atoms with Crippen LogP contribution in [0.25, 0.3) is 0 Å². The number of nitrogens with one attached hydrogen (secondary N) is 1. The number of unbranched alkanes of at least 4 members (excludes halogenated alkanes) is 1. The van der Waals surface area contributed by atoms with Gasteiger partial charge in [-0.15, -0.1) is 0 Å². The molecule has 0 unspecified atom stereocenters. The van der Waals surface area contributed by atoms with Gasteiger partial charge in [0.1, 0.15) is 28.7 Å². The highest BCUT2D eigenvalue weighted by molar-refractivity contribution is 9.10. The van der Waals surface area contributed by atoms with Crippen LogP contribution in [0.3, 0.4) is 0 Å². The first-order valence-corrected chi connectivity index (χ1v) is 10.9. The second kappa shape index (κ2) is 9.65. The first kappa shape index (κ1) is 24.3. The minimum Gasteiger partial charge on any atom is -0.469 e. The van der Waals surface area contributed by atoms with E-state index < -0.39 is 41.5 Å². The molecule has 1 aromatic rings. The number of ether oxygens (including phenoxy) is 4. The van der Waals surface area contributed by atoms with Crippen molar-refractivity contribution < 1.29 is 38.1 Å². The van der Waals surface area contributed by atoms with Gasteiger partial charge in [-0.2, -0.15) is 0 Å². The van der Waals surface area contributed by atoms with Crippen molar-refractivity contribution >= 4 is 45.4 Å². The van der Waals surface area contributed by atoms with E-state index in [1.165, 1.54) is 0 Å². The van der Waals surface area contributed by atoms with Crippen LogP contribution in [0.2, 0.25) is 0 Å². The number of halogens is 1. The maximum Gasteiger partial charge on any atom is 0.341 e. The minimum absolute atomic E-state index is 0.0709. The molecule has 3 N–H and O–H groups in total. The Morgan fingerprint density at radius 2 is 1.88 bits per heavy atom. The summed E-state index contributed by atoms with van der Waals surface area (Å²) in [5.41, 5.74) is 3.92. The average Bonchev–Trinajstić information content (AvgIpc) is 3.04. The number of nitrogens with two attached hydrogens (primary N) is 1. The van der Waals surface area contributed by atoms with Crippen LogP contribution in [-0.2, 0) is 43.5 Å². The van der Waals surface area contributed by atoms with Crippen LogP contribution in [-0.4, -0.2) is 44.6 Å². The highest BCUT2D eigenvalue weighted by Crippen LogP contribution is 2.53. The van der Waals surface area contributed by atoms with Crippen LogP contribution in [0, 0.1) is 0 Å². The molecule has 1 spiro atoms. The van der Waals surface area contributed by atoms with Gasteiger partial charge in [-0.05, 0) is 24.6 Å². The molecule has 0 fully saturated rings. The van der Waals surface area contributed by atoms with E-state index in [0.29, 0.717) is 16.6 Å². The molecule has 0 aliphatic carbocycles. The number of hydrogen-bond donors (Lipinski definition) is 2. The summed E-state index contributed by atoms with van der Waals surface area (Å²) in [5.74, 6) is -4.14. The Morgan fingerprint density at radius 3 is 2.52 bits per heavy atom. The number of carbonyl (C=O) groups excluding carboxylic acids is 4. The molecule has 176 valence electrons. The molecule has 2 aliphatic rings. The van der Waals surface area contributed by atoms with E-state index in [9.17, 15) is 19.2 Å². The van der Waals surface area contributed by atoms with Crippen molar-refractivity contribution in [2.24, 2.45) is 5.73 Å². The van der Waals surface area contributed by atoms with Crippen molar-refractivity contribution in [3.8, 4) is 0 Å². The largest absolute Gasteiger partial charge is 0.469 e. The van der Waals surface area contributed by atoms with Gasteiger partial charge in [0.15, 0.2) is 0 Å². The lowest BCUT2D eigenvalue weighted by Gasteiger charge is -2.36. The number of hydrogen-bond acceptors (Lipinski definition) is 9. The topological polar surface area (TPSA) is 143 Å². The number of methoxy groups -OCH3 is 2. The summed E-state index contributed by atoms with van der Waals surface area (Å²) < 4.78 is 21.1. The van der Waals surface area contributed by atoms with Crippen LogP contribution in [0.4, 0.5) is 5.69 Å². The normalized spacial score (nSPS) is 19.1. The molecule has 33 heavy (non-hydrogen) atoms. The molecular weight excluding hydrogens is 500 g/mol. The molecule has 1 aromatic carbocycles. The van der Waals surface area contributed by atoms with Gasteiger partial charge in [0.2, 0.25) is 11.8 Å². The summed E-state index contributed by atoms with van der Waals surface area (Å²) in [5, 5.41) is 2.68. The second-order valence-corrected chi connectivity index (χ2v) is 8.18. The van der Waals surface area contributed by atoms with Gasteiger partial charge in [0, 0.05) is 15.7 Å². The number of rotatable bonds is 7. The molecule has 0 saturated heterocycles. The van der Waals surface area contributed by atoms with E-state index in [4.69, 9.17) is 24.7 Å². The van der Waals surface area contributed by atoms with Gasteiger partial charge in [-0.3, -0.25) is 9.59 Å². The number of anilines is 1. The van der Waals surface area contributed by atoms with E-state index in [1.54, 1.807) is 18.2 Å². The van der Waals surface area contributed by atoms with Crippen LogP contribution >= 0.6 is 15.9 Å². The Kier molecular flexibility index (Phi) is 7.11. The monoisotopic (exact) mass is 522 g/mol. The second-order valence-electron chi connectivity index (χ2n) is 7.27. The maximum absolute atomic E-state index is 13.6. The molecule has 10 nitrogen and oxygen atoms in total. The number of esters is 3. The summed E-state index contributed by atoms with van der Waals surface area (Å²) >= 11 is 3.36. The maximum atomic E-state index is 13.6. The lowest BCUT2D eigenvalue weighted by atomic mass is 9.67. The summed E-state index contributed by atoms with van der Waals surface area (Å²) in [6.07, 6.45) is 0.808. The fourth-order valence-corrected chi connectivity index (χ4v) is 4.22. The number of carbonyl (C=O) groups is 4. The first-order chi connectivity index (χ1) is 15.7. The summed E-state index contributed by atoms with van der Waals surface area (Å²) in [6, 6.07) is 4.86. The smallest absolute Gasteiger partial charge is 0.341 e. The Morgan fingerprint density at radius 1 is 1.15 bits per heavy atom. The Labute approximate surface area is 198 Å². The molecule has 2 aliphatic heterocycles. The third-order valence-electron chi connectivity index (χ3n) is 5.34. The number of fused-ring (bicyclic) bond motifs is 2. The van der Waals surface area contributed by atoms with E-state index in [1.807, 2.05) is 6.92 Å². The summed E-state index contributed by atoms with van der Waals surface area (Å²) in [6.45, 7) is 1.99. The lowest BCUT2D eigenvalue weighted by molar-refractivity contribution is -0.143. The highest BCUT2D eigenvalue weighted by atomic mass is 79.9. The van der Waals surface area contributed by atoms with Gasteiger partial charge >= 0.3 is 17.9 Å². The van der Waals surface area contributed by atoms with Crippen molar-refractivity contribution in [2.45, 2.75) is 31.6 Å². The fourth-order valence-electron chi connectivity index (χ4n) is 3.86. The molecule has 1 amide bonds. The van der Waals surface area contributed by atoms with Gasteiger partial charge in [-0.25, -0.2) is 9.59 Å². The van der Waals surface area contributed by atoms with Crippen molar-refractivity contribution in [3.05, 3.63) is 51.0 Å². The van der Waals surface area contributed by atoms with Crippen molar-refractivity contribution in [3.63, 3.8) is 0 Å². The average molecular weight is 523 g/mol. The van der Waals surface area contributed by atoms with E-state index in [-0.39, 0.29) is 29.1 Å². The fraction of sp³-hybridized carbons (Fsp3) is 0.364. The molecule has 0 aromatic heterocycles. The molecule has 3 rings (SSSR count). The molecule has 0 radical (unpaired) electrons. The van der Waals surface area contributed by atoms with Gasteiger partial charge in [-0.1, -0.05) is 29.3 Å². The first-order valence-electron chi connectivity index (χ1n) is 10.1. The van der Waals surface area contributed by atoms with Crippen molar-refractivity contribution in [2.75, 3.05) is 26.1 Å². The predicted octanol–water partition coefficient (Wildman–Crippen LogP) is 2.17. The molecule has 1 atom stereocenters. The Hall–Kier alpha value is -3.34. The highest BCUT2D eigenvalue weighted by Gasteiger charge is 2.62. The molecule has 11 heteroatoms. The third kappa shape index (κ3) is 4.08. The standard InChI is InChI=1S/C22H23BrN2O8/c1-4-5-8-32-20(28)17-18(24)33-14(10-15(26)30-2)16(19(27)31-3)22(17)12-9-11(23)6-7-13(12)25-21(22)29/h6-7,9H,4-5,8,10,24H2,1-3H3,(H,25,29)/t22-/m0/s1. The Balaban J connectivity index is 2.35. The SMILES string of the molecule is CCCCOC(=O)C1=C(N)OC(CC(=O)OC)=C(C(=O)OC)[C@]12C(=O)Nc1ccc(Br)cc12. The van der Waals surface area contributed by atoms with E-state index >= 15 is 0 Å². The predicted molar refractivity (Wildman–Crippen MR) is 118 cm³/mol. The summed E-state index contributed by atoms with van der Waals surface area (Å²) in [7, 11) is 2.26. The lowest BCUT2D eigenvalue weighted by Crippen LogP contribution is -2.49. The van der Waals surface area contributed by atoms with Crippen LogP contribution in [0.1, 0.15) is 31.7 Å². The molecule has 0 saturated carbocycles. The minimum atomic E-state index is -2.07. The molecule has 0 bridgehead atoms. The number of amides is 1. The zero-order valence-electron chi connectivity index (χ0n) is 18.3. The van der Waals surface area contributed by atoms with Gasteiger partial charge < -0.3 is 30.0 Å².